The quantitative estimate of drug-likeness (QED) is 0.153. The summed E-state index contributed by atoms with van der Waals surface area (Å²) in [5.74, 6) is -1.29. The predicted octanol–water partition coefficient (Wildman–Crippen LogP) is 4.36. The van der Waals surface area contributed by atoms with Crippen LogP contribution >= 0.6 is 11.6 Å². The molecule has 0 unspecified atom stereocenters. The first-order chi connectivity index (χ1) is 17.3. The highest BCUT2D eigenvalue weighted by Gasteiger charge is 2.15. The highest BCUT2D eigenvalue weighted by atomic mass is 35.5. The number of nitrogens with one attached hydrogen (secondary N) is 2. The third-order valence-corrected chi connectivity index (χ3v) is 5.30. The average molecular weight is 510 g/mol. The van der Waals surface area contributed by atoms with Gasteiger partial charge >= 0.3 is 17.8 Å². The van der Waals surface area contributed by atoms with E-state index in [4.69, 9.17) is 25.8 Å². The van der Waals surface area contributed by atoms with Gasteiger partial charge in [-0.05, 0) is 79.6 Å². The van der Waals surface area contributed by atoms with Crippen molar-refractivity contribution in [3.8, 4) is 17.2 Å². The Bertz CT molecular complexity index is 1290. The number of hydrogen-bond acceptors (Lipinski definition) is 7. The molecule has 0 aliphatic heterocycles. The number of methoxy groups -OCH3 is 1. The van der Waals surface area contributed by atoms with Crippen molar-refractivity contribution < 1.29 is 28.6 Å². The van der Waals surface area contributed by atoms with Gasteiger partial charge in [-0.3, -0.25) is 9.59 Å². The molecule has 2 amide bonds. The Morgan fingerprint density at radius 3 is 2.44 bits per heavy atom. The van der Waals surface area contributed by atoms with Crippen LogP contribution in [0.25, 0.3) is 0 Å². The molecule has 10 heteroatoms. The number of carbonyl (C=O) groups excluding carboxylic acids is 3. The second kappa shape index (κ2) is 12.4. The summed E-state index contributed by atoms with van der Waals surface area (Å²) in [6.45, 7) is 4.12. The molecule has 0 radical (unpaired) electrons. The number of ether oxygens (including phenoxy) is 3. The fourth-order valence-electron chi connectivity index (χ4n) is 3.00. The Kier molecular flexibility index (Phi) is 9.01. The maximum atomic E-state index is 12.5. The van der Waals surface area contributed by atoms with E-state index in [1.165, 1.54) is 19.4 Å². The molecule has 0 saturated carbocycles. The number of benzene rings is 3. The van der Waals surface area contributed by atoms with Crippen LogP contribution in [0.15, 0.2) is 65.8 Å². The van der Waals surface area contributed by atoms with Gasteiger partial charge in [-0.1, -0.05) is 17.7 Å². The van der Waals surface area contributed by atoms with Crippen LogP contribution in [-0.4, -0.2) is 37.7 Å². The second-order valence-electron chi connectivity index (χ2n) is 7.32. The maximum Gasteiger partial charge on any atom is 0.343 e. The lowest BCUT2D eigenvalue weighted by molar-refractivity contribution is -0.136. The van der Waals surface area contributed by atoms with Gasteiger partial charge in [0.05, 0.1) is 25.5 Å². The first-order valence-electron chi connectivity index (χ1n) is 10.8. The minimum atomic E-state index is -0.960. The van der Waals surface area contributed by atoms with Gasteiger partial charge in [-0.25, -0.2) is 10.2 Å². The molecule has 9 nitrogen and oxygen atoms in total. The zero-order valence-corrected chi connectivity index (χ0v) is 20.6. The lowest BCUT2D eigenvalue weighted by Crippen LogP contribution is -2.32. The molecule has 0 heterocycles. The third-order valence-electron chi connectivity index (χ3n) is 4.89. The standard InChI is InChI=1S/C26H24ClN3O6/c1-4-35-19-11-9-18(10-12-19)26(33)36-22-13-8-17(14-23(22)34-3)15-28-30-25(32)24(31)29-21-7-5-6-20(27)16(21)2/h5-15H,4H2,1-3H3,(H,29,31)(H,30,32)/b28-15+. The van der Waals surface area contributed by atoms with Crippen LogP contribution in [0.1, 0.15) is 28.4 Å². The molecular formula is C26H24ClN3O6. The molecule has 0 saturated heterocycles. The average Bonchev–Trinajstić information content (AvgIpc) is 2.88. The molecule has 36 heavy (non-hydrogen) atoms. The molecule has 3 aromatic carbocycles. The Hall–Kier alpha value is -4.37. The molecule has 186 valence electrons. The van der Waals surface area contributed by atoms with E-state index in [-0.39, 0.29) is 11.5 Å². The molecule has 0 atom stereocenters. The van der Waals surface area contributed by atoms with Crippen LogP contribution in [0.3, 0.4) is 0 Å². The molecule has 0 aliphatic carbocycles. The van der Waals surface area contributed by atoms with E-state index in [2.05, 4.69) is 15.8 Å². The lowest BCUT2D eigenvalue weighted by Gasteiger charge is -2.10. The van der Waals surface area contributed by atoms with Crippen molar-refractivity contribution in [2.24, 2.45) is 5.10 Å². The summed E-state index contributed by atoms with van der Waals surface area (Å²) in [5, 5.41) is 6.74. The number of carbonyl (C=O) groups is 3. The van der Waals surface area contributed by atoms with E-state index >= 15 is 0 Å². The van der Waals surface area contributed by atoms with Crippen LogP contribution < -0.4 is 25.0 Å². The number of anilines is 1. The van der Waals surface area contributed by atoms with Gasteiger partial charge in [0.2, 0.25) is 0 Å². The van der Waals surface area contributed by atoms with E-state index < -0.39 is 17.8 Å². The number of halogens is 1. The number of hydrogen-bond donors (Lipinski definition) is 2. The summed E-state index contributed by atoms with van der Waals surface area (Å²) < 4.78 is 16.1. The van der Waals surface area contributed by atoms with Gasteiger partial charge in [0.1, 0.15) is 5.75 Å². The van der Waals surface area contributed by atoms with Gasteiger partial charge in [0.15, 0.2) is 11.5 Å². The molecular weight excluding hydrogens is 486 g/mol. The summed E-state index contributed by atoms with van der Waals surface area (Å²) in [5.41, 5.74) is 4.09. The van der Waals surface area contributed by atoms with Crippen LogP contribution in [0.5, 0.6) is 17.2 Å². The molecule has 0 aliphatic rings. The van der Waals surface area contributed by atoms with Gasteiger partial charge in [0, 0.05) is 10.7 Å². The summed E-state index contributed by atoms with van der Waals surface area (Å²) in [6.07, 6.45) is 1.32. The van der Waals surface area contributed by atoms with Crippen molar-refractivity contribution in [2.45, 2.75) is 13.8 Å². The Balaban J connectivity index is 1.60. The Morgan fingerprint density at radius 2 is 1.75 bits per heavy atom. The fraction of sp³-hybridized carbons (Fsp3) is 0.154. The largest absolute Gasteiger partial charge is 0.494 e. The highest BCUT2D eigenvalue weighted by Crippen LogP contribution is 2.28. The number of nitrogens with zero attached hydrogens (tertiary/aromatic N) is 1. The van der Waals surface area contributed by atoms with Crippen molar-refractivity contribution in [2.75, 3.05) is 19.0 Å². The summed E-state index contributed by atoms with van der Waals surface area (Å²) >= 11 is 6.02. The second-order valence-corrected chi connectivity index (χ2v) is 7.73. The van der Waals surface area contributed by atoms with Crippen molar-refractivity contribution in [1.29, 1.82) is 0 Å². The number of esters is 1. The molecule has 2 N–H and O–H groups in total. The number of amides is 2. The third kappa shape index (κ3) is 6.83. The van der Waals surface area contributed by atoms with Gasteiger partial charge in [-0.2, -0.15) is 5.10 Å². The molecule has 3 rings (SSSR count). The van der Waals surface area contributed by atoms with E-state index in [0.717, 1.165) is 0 Å². The normalized spacial score (nSPS) is 10.6. The fourth-order valence-corrected chi connectivity index (χ4v) is 3.17. The molecule has 0 spiro atoms. The van der Waals surface area contributed by atoms with E-state index in [0.29, 0.717) is 39.8 Å². The van der Waals surface area contributed by atoms with Crippen LogP contribution in [0, 0.1) is 6.92 Å². The molecule has 0 fully saturated rings. The molecule has 3 aromatic rings. The first-order valence-corrected chi connectivity index (χ1v) is 11.2. The van der Waals surface area contributed by atoms with Crippen LogP contribution in [0.2, 0.25) is 5.02 Å². The van der Waals surface area contributed by atoms with Crippen LogP contribution in [-0.2, 0) is 9.59 Å². The summed E-state index contributed by atoms with van der Waals surface area (Å²) in [6, 6.07) is 16.2. The molecule has 0 aromatic heterocycles. The lowest BCUT2D eigenvalue weighted by atomic mass is 10.2. The van der Waals surface area contributed by atoms with Gasteiger partial charge in [-0.15, -0.1) is 0 Å². The highest BCUT2D eigenvalue weighted by molar-refractivity contribution is 6.40. The molecule has 0 bridgehead atoms. The van der Waals surface area contributed by atoms with E-state index in [1.54, 1.807) is 61.5 Å². The minimum Gasteiger partial charge on any atom is -0.494 e. The van der Waals surface area contributed by atoms with E-state index in [9.17, 15) is 14.4 Å². The van der Waals surface area contributed by atoms with Crippen molar-refractivity contribution in [1.82, 2.24) is 5.43 Å². The van der Waals surface area contributed by atoms with Gasteiger partial charge < -0.3 is 19.5 Å². The minimum absolute atomic E-state index is 0.203. The van der Waals surface area contributed by atoms with Crippen molar-refractivity contribution in [3.05, 3.63) is 82.4 Å². The predicted molar refractivity (Wildman–Crippen MR) is 136 cm³/mol. The smallest absolute Gasteiger partial charge is 0.343 e. The zero-order chi connectivity index (χ0) is 26.1. The summed E-state index contributed by atoms with van der Waals surface area (Å²) in [7, 11) is 1.43. The Morgan fingerprint density at radius 1 is 1.00 bits per heavy atom. The van der Waals surface area contributed by atoms with Gasteiger partial charge in [0.25, 0.3) is 0 Å². The number of hydrazone groups is 1. The first kappa shape index (κ1) is 26.2. The maximum absolute atomic E-state index is 12.5. The Labute approximate surface area is 213 Å². The van der Waals surface area contributed by atoms with Crippen molar-refractivity contribution >= 4 is 41.3 Å². The van der Waals surface area contributed by atoms with Crippen LogP contribution in [0.4, 0.5) is 5.69 Å². The number of rotatable bonds is 8. The monoisotopic (exact) mass is 509 g/mol. The SMILES string of the molecule is CCOc1ccc(C(=O)Oc2ccc(/C=N/NC(=O)C(=O)Nc3cccc(Cl)c3C)cc2OC)cc1. The van der Waals surface area contributed by atoms with E-state index in [1.807, 2.05) is 6.92 Å². The topological polar surface area (TPSA) is 115 Å². The summed E-state index contributed by atoms with van der Waals surface area (Å²) in [4.78, 5) is 36.7. The zero-order valence-electron chi connectivity index (χ0n) is 19.8. The van der Waals surface area contributed by atoms with Crippen molar-refractivity contribution in [3.63, 3.8) is 0 Å².